The molecule has 0 unspecified atom stereocenters. The zero-order valence-electron chi connectivity index (χ0n) is 15.2. The van der Waals surface area contributed by atoms with E-state index in [1.807, 2.05) is 24.3 Å². The number of carbonyl (C=O) groups is 2. The van der Waals surface area contributed by atoms with Crippen LogP contribution in [0.5, 0.6) is 5.75 Å². The molecule has 1 saturated heterocycles. The number of rotatable bonds is 4. The van der Waals surface area contributed by atoms with Crippen LogP contribution in [0, 0.1) is 5.82 Å². The Labute approximate surface area is 157 Å². The highest BCUT2D eigenvalue weighted by atomic mass is 19.1. The molecule has 2 aromatic carbocycles. The number of hydrogen-bond donors (Lipinski definition) is 0. The quantitative estimate of drug-likeness (QED) is 0.834. The van der Waals surface area contributed by atoms with Gasteiger partial charge in [-0.2, -0.15) is 0 Å². The van der Waals surface area contributed by atoms with Crippen molar-refractivity contribution in [3.63, 3.8) is 0 Å². The van der Waals surface area contributed by atoms with Crippen molar-refractivity contribution in [3.05, 3.63) is 59.9 Å². The van der Waals surface area contributed by atoms with Gasteiger partial charge in [0.15, 0.2) is 0 Å². The summed E-state index contributed by atoms with van der Waals surface area (Å²) in [5.41, 5.74) is 1.04. The minimum atomic E-state index is -0.587. The van der Waals surface area contributed by atoms with Crippen molar-refractivity contribution in [1.29, 1.82) is 0 Å². The maximum absolute atomic E-state index is 13.2. The topological polar surface area (TPSA) is 49.9 Å². The van der Waals surface area contributed by atoms with Crippen molar-refractivity contribution >= 4 is 17.5 Å². The van der Waals surface area contributed by atoms with E-state index in [4.69, 9.17) is 4.74 Å². The van der Waals surface area contributed by atoms with Gasteiger partial charge >= 0.3 is 0 Å². The van der Waals surface area contributed by atoms with Crippen LogP contribution in [0.3, 0.4) is 0 Å². The number of hydrogen-bond acceptors (Lipinski definition) is 3. The molecule has 5 nitrogen and oxygen atoms in total. The van der Waals surface area contributed by atoms with Gasteiger partial charge in [0.25, 0.3) is 0 Å². The molecule has 140 valence electrons. The largest absolute Gasteiger partial charge is 0.497 e. The lowest BCUT2D eigenvalue weighted by Crippen LogP contribution is -2.54. The van der Waals surface area contributed by atoms with E-state index in [2.05, 4.69) is 0 Å². The summed E-state index contributed by atoms with van der Waals surface area (Å²) in [6.07, 6.45) is 1.48. The molecule has 0 spiro atoms. The molecular weight excluding hydrogens is 347 g/mol. The smallest absolute Gasteiger partial charge is 0.246 e. The van der Waals surface area contributed by atoms with Gasteiger partial charge in [-0.15, -0.1) is 0 Å². The highest BCUT2D eigenvalue weighted by Gasteiger charge is 2.53. The van der Waals surface area contributed by atoms with Gasteiger partial charge in [0.1, 0.15) is 18.1 Å². The molecule has 1 aliphatic heterocycles. The molecule has 2 fully saturated rings. The Balaban J connectivity index is 1.47. The van der Waals surface area contributed by atoms with Crippen molar-refractivity contribution in [3.8, 4) is 5.75 Å². The lowest BCUT2D eigenvalue weighted by Gasteiger charge is -2.36. The summed E-state index contributed by atoms with van der Waals surface area (Å²) in [5.74, 6) is 0.284. The average molecular weight is 368 g/mol. The van der Waals surface area contributed by atoms with Gasteiger partial charge in [-0.05, 0) is 54.8 Å². The molecule has 0 radical (unpaired) electrons. The molecule has 0 N–H and O–H groups in total. The molecule has 27 heavy (non-hydrogen) atoms. The number of carbonyl (C=O) groups excluding carboxylic acids is 2. The summed E-state index contributed by atoms with van der Waals surface area (Å²) >= 11 is 0. The van der Waals surface area contributed by atoms with Crippen LogP contribution in [0.2, 0.25) is 0 Å². The first-order valence-corrected chi connectivity index (χ1v) is 9.03. The number of amides is 2. The Hall–Kier alpha value is -2.89. The maximum atomic E-state index is 13.2. The number of piperazine rings is 1. The lowest BCUT2D eigenvalue weighted by molar-refractivity contribution is -0.139. The van der Waals surface area contributed by atoms with E-state index < -0.39 is 5.41 Å². The molecule has 0 bridgehead atoms. The third kappa shape index (κ3) is 3.16. The van der Waals surface area contributed by atoms with E-state index in [1.54, 1.807) is 29.0 Å². The van der Waals surface area contributed by atoms with E-state index in [1.165, 1.54) is 12.1 Å². The highest BCUT2D eigenvalue weighted by molar-refractivity contribution is 6.00. The lowest BCUT2D eigenvalue weighted by atomic mass is 9.94. The van der Waals surface area contributed by atoms with Gasteiger partial charge < -0.3 is 14.5 Å². The first-order chi connectivity index (χ1) is 13.0. The third-order valence-electron chi connectivity index (χ3n) is 5.45. The average Bonchev–Trinajstić information content (AvgIpc) is 3.50. The van der Waals surface area contributed by atoms with E-state index in [0.29, 0.717) is 13.1 Å². The monoisotopic (exact) mass is 368 g/mol. The number of halogens is 1. The Bertz CT molecular complexity index is 860. The Kier molecular flexibility index (Phi) is 4.34. The highest BCUT2D eigenvalue weighted by Crippen LogP contribution is 2.49. The van der Waals surface area contributed by atoms with Crippen LogP contribution in [-0.2, 0) is 15.0 Å². The molecule has 6 heteroatoms. The standard InChI is InChI=1S/C21H21FN2O3/c1-27-18-8-6-17(7-9-18)24-13-12-23(14-19(24)25)20(26)21(10-11-21)15-2-4-16(22)5-3-15/h2-9H,10-14H2,1H3. The summed E-state index contributed by atoms with van der Waals surface area (Å²) in [6, 6.07) is 13.4. The summed E-state index contributed by atoms with van der Waals surface area (Å²) in [6.45, 7) is 1.00. The van der Waals surface area contributed by atoms with Crippen molar-refractivity contribution in [1.82, 2.24) is 4.90 Å². The van der Waals surface area contributed by atoms with E-state index in [-0.39, 0.29) is 24.2 Å². The Morgan fingerprint density at radius 2 is 1.70 bits per heavy atom. The molecule has 1 heterocycles. The third-order valence-corrected chi connectivity index (χ3v) is 5.45. The number of nitrogens with zero attached hydrogens (tertiary/aromatic N) is 2. The Morgan fingerprint density at radius 3 is 2.26 bits per heavy atom. The first-order valence-electron chi connectivity index (χ1n) is 9.03. The van der Waals surface area contributed by atoms with Crippen LogP contribution in [0.15, 0.2) is 48.5 Å². The second-order valence-electron chi connectivity index (χ2n) is 7.06. The summed E-state index contributed by atoms with van der Waals surface area (Å²) in [7, 11) is 1.60. The normalized spacial score (nSPS) is 18.4. The van der Waals surface area contributed by atoms with Gasteiger partial charge in [0.2, 0.25) is 11.8 Å². The number of ether oxygens (including phenoxy) is 1. The van der Waals surface area contributed by atoms with Crippen molar-refractivity contribution in [2.45, 2.75) is 18.3 Å². The van der Waals surface area contributed by atoms with E-state index in [0.717, 1.165) is 29.8 Å². The second-order valence-corrected chi connectivity index (χ2v) is 7.06. The predicted molar refractivity (Wildman–Crippen MR) is 99.2 cm³/mol. The molecule has 2 aromatic rings. The summed E-state index contributed by atoms with van der Waals surface area (Å²) < 4.78 is 18.3. The molecule has 0 aromatic heterocycles. The summed E-state index contributed by atoms with van der Waals surface area (Å²) in [4.78, 5) is 29.1. The molecule has 2 amide bonds. The van der Waals surface area contributed by atoms with Gasteiger partial charge in [-0.1, -0.05) is 12.1 Å². The molecular formula is C21H21FN2O3. The van der Waals surface area contributed by atoms with Crippen molar-refractivity contribution in [2.75, 3.05) is 31.6 Å². The summed E-state index contributed by atoms with van der Waals surface area (Å²) in [5, 5.41) is 0. The SMILES string of the molecule is COc1ccc(N2CCN(C(=O)C3(c4ccc(F)cc4)CC3)CC2=O)cc1. The molecule has 2 aliphatic rings. The minimum absolute atomic E-state index is 0.0307. The molecule has 4 rings (SSSR count). The predicted octanol–water partition coefficient (Wildman–Crippen LogP) is 2.74. The van der Waals surface area contributed by atoms with Gasteiger partial charge in [0, 0.05) is 18.8 Å². The number of anilines is 1. The van der Waals surface area contributed by atoms with Gasteiger partial charge in [-0.25, -0.2) is 4.39 Å². The molecule has 1 aliphatic carbocycles. The van der Waals surface area contributed by atoms with Crippen LogP contribution in [-0.4, -0.2) is 43.5 Å². The second kappa shape index (κ2) is 6.68. The zero-order chi connectivity index (χ0) is 19.0. The van der Waals surface area contributed by atoms with Crippen LogP contribution >= 0.6 is 0 Å². The van der Waals surface area contributed by atoms with Crippen LogP contribution < -0.4 is 9.64 Å². The van der Waals surface area contributed by atoms with Crippen LogP contribution in [0.1, 0.15) is 18.4 Å². The Morgan fingerprint density at radius 1 is 1.04 bits per heavy atom. The van der Waals surface area contributed by atoms with E-state index in [9.17, 15) is 14.0 Å². The fourth-order valence-corrected chi connectivity index (χ4v) is 3.70. The maximum Gasteiger partial charge on any atom is 0.246 e. The number of benzene rings is 2. The van der Waals surface area contributed by atoms with Crippen molar-refractivity contribution in [2.24, 2.45) is 0 Å². The zero-order valence-corrected chi connectivity index (χ0v) is 15.2. The van der Waals surface area contributed by atoms with Gasteiger partial charge in [-0.3, -0.25) is 9.59 Å². The van der Waals surface area contributed by atoms with E-state index >= 15 is 0 Å². The number of methoxy groups -OCH3 is 1. The van der Waals surface area contributed by atoms with Crippen LogP contribution in [0.4, 0.5) is 10.1 Å². The molecule has 0 atom stereocenters. The fourth-order valence-electron chi connectivity index (χ4n) is 3.70. The minimum Gasteiger partial charge on any atom is -0.497 e. The molecule has 1 saturated carbocycles. The van der Waals surface area contributed by atoms with Gasteiger partial charge in [0.05, 0.1) is 12.5 Å². The van der Waals surface area contributed by atoms with Crippen molar-refractivity contribution < 1.29 is 18.7 Å². The first kappa shape index (κ1) is 17.5. The van der Waals surface area contributed by atoms with Crippen LogP contribution in [0.25, 0.3) is 0 Å². The fraction of sp³-hybridized carbons (Fsp3) is 0.333.